The normalized spacial score (nSPS) is 21.2. The van der Waals surface area contributed by atoms with E-state index >= 15 is 0 Å². The van der Waals surface area contributed by atoms with Crippen LogP contribution in [-0.4, -0.2) is 65.4 Å². The van der Waals surface area contributed by atoms with E-state index in [2.05, 4.69) is 15.2 Å². The lowest BCUT2D eigenvalue weighted by Crippen LogP contribution is -2.49. The summed E-state index contributed by atoms with van der Waals surface area (Å²) in [5.74, 6) is 0.145. The van der Waals surface area contributed by atoms with Gasteiger partial charge < -0.3 is 15.0 Å². The highest BCUT2D eigenvalue weighted by Gasteiger charge is 2.39. The molecule has 3 heterocycles. The minimum atomic E-state index is -0.594. The van der Waals surface area contributed by atoms with Crippen molar-refractivity contribution < 1.29 is 18.7 Å². The van der Waals surface area contributed by atoms with Crippen LogP contribution in [0.1, 0.15) is 36.9 Å². The number of piperazine rings is 1. The summed E-state index contributed by atoms with van der Waals surface area (Å²) in [6.07, 6.45) is 3.99. The summed E-state index contributed by atoms with van der Waals surface area (Å²) >= 11 is 0. The fourth-order valence-corrected chi connectivity index (χ4v) is 4.73. The van der Waals surface area contributed by atoms with Crippen molar-refractivity contribution >= 4 is 11.8 Å². The standard InChI is InChI=1S/C25H31FN4O3/c1-33-21-6-5-19(22(26)16-21)17-25(9-7-23(31)28-25)10-8-24(32)30-14-12-29(13-15-30)18-20-4-2-3-11-27-20/h2-6,11,16H,7-10,12-15,17-18H2,1H3,(H,28,31). The van der Waals surface area contributed by atoms with Crippen LogP contribution in [0.25, 0.3) is 0 Å². The molecule has 4 rings (SSSR count). The number of ether oxygens (including phenoxy) is 1. The van der Waals surface area contributed by atoms with E-state index in [1.54, 1.807) is 18.3 Å². The number of nitrogens with one attached hydrogen (secondary N) is 1. The van der Waals surface area contributed by atoms with E-state index in [4.69, 9.17) is 4.74 Å². The number of aromatic nitrogens is 1. The Morgan fingerprint density at radius 1 is 1.21 bits per heavy atom. The number of rotatable bonds is 8. The Labute approximate surface area is 193 Å². The maximum Gasteiger partial charge on any atom is 0.222 e. The summed E-state index contributed by atoms with van der Waals surface area (Å²) in [6, 6.07) is 10.7. The fourth-order valence-electron chi connectivity index (χ4n) is 4.73. The Hall–Kier alpha value is -3.00. The first-order valence-electron chi connectivity index (χ1n) is 11.5. The maximum absolute atomic E-state index is 14.6. The van der Waals surface area contributed by atoms with Gasteiger partial charge in [0.25, 0.3) is 0 Å². The number of amides is 2. The molecule has 2 aliphatic rings. The Morgan fingerprint density at radius 2 is 2.03 bits per heavy atom. The molecule has 0 spiro atoms. The molecule has 2 aliphatic heterocycles. The lowest BCUT2D eigenvalue weighted by atomic mass is 9.84. The van der Waals surface area contributed by atoms with Crippen LogP contribution in [-0.2, 0) is 22.6 Å². The minimum Gasteiger partial charge on any atom is -0.497 e. The lowest BCUT2D eigenvalue weighted by Gasteiger charge is -2.36. The van der Waals surface area contributed by atoms with Gasteiger partial charge in [0.2, 0.25) is 11.8 Å². The zero-order valence-electron chi connectivity index (χ0n) is 19.1. The van der Waals surface area contributed by atoms with Crippen molar-refractivity contribution in [1.29, 1.82) is 0 Å². The molecule has 1 aromatic carbocycles. The SMILES string of the molecule is COc1ccc(CC2(CCC(=O)N3CCN(Cc4ccccn4)CC3)CCC(=O)N2)c(F)c1. The van der Waals surface area contributed by atoms with Gasteiger partial charge in [-0.25, -0.2) is 4.39 Å². The predicted molar refractivity (Wildman–Crippen MR) is 122 cm³/mol. The van der Waals surface area contributed by atoms with Crippen LogP contribution in [0.5, 0.6) is 5.75 Å². The Balaban J connectivity index is 1.32. The molecule has 0 aliphatic carbocycles. The molecule has 7 nitrogen and oxygen atoms in total. The monoisotopic (exact) mass is 454 g/mol. The summed E-state index contributed by atoms with van der Waals surface area (Å²) in [4.78, 5) is 33.5. The third kappa shape index (κ3) is 5.87. The highest BCUT2D eigenvalue weighted by molar-refractivity contribution is 5.80. The van der Waals surface area contributed by atoms with E-state index in [9.17, 15) is 14.0 Å². The van der Waals surface area contributed by atoms with Crippen LogP contribution in [0.3, 0.4) is 0 Å². The molecular weight excluding hydrogens is 423 g/mol. The molecule has 1 unspecified atom stereocenters. The van der Waals surface area contributed by atoms with Crippen LogP contribution in [0.2, 0.25) is 0 Å². The first kappa shape index (κ1) is 23.2. The fraction of sp³-hybridized carbons (Fsp3) is 0.480. The van der Waals surface area contributed by atoms with E-state index in [1.807, 2.05) is 23.1 Å². The van der Waals surface area contributed by atoms with Gasteiger partial charge in [0.15, 0.2) is 0 Å². The van der Waals surface area contributed by atoms with Gasteiger partial charge in [-0.1, -0.05) is 12.1 Å². The number of carbonyl (C=O) groups is 2. The van der Waals surface area contributed by atoms with Crippen molar-refractivity contribution in [2.24, 2.45) is 0 Å². The van der Waals surface area contributed by atoms with E-state index < -0.39 is 5.54 Å². The summed E-state index contributed by atoms with van der Waals surface area (Å²) in [6.45, 7) is 3.75. The number of hydrogen-bond donors (Lipinski definition) is 1. The lowest BCUT2D eigenvalue weighted by molar-refractivity contribution is -0.133. The van der Waals surface area contributed by atoms with E-state index in [0.29, 0.717) is 56.5 Å². The highest BCUT2D eigenvalue weighted by atomic mass is 19.1. The number of hydrogen-bond acceptors (Lipinski definition) is 5. The Kier molecular flexibility index (Phi) is 7.23. The molecule has 1 N–H and O–H groups in total. The topological polar surface area (TPSA) is 74.8 Å². The van der Waals surface area contributed by atoms with Crippen LogP contribution >= 0.6 is 0 Å². The molecule has 1 aromatic heterocycles. The summed E-state index contributed by atoms with van der Waals surface area (Å²) < 4.78 is 19.6. The summed E-state index contributed by atoms with van der Waals surface area (Å²) in [5, 5.41) is 3.04. The average molecular weight is 455 g/mol. The summed E-state index contributed by atoms with van der Waals surface area (Å²) in [5.41, 5.74) is 0.957. The van der Waals surface area contributed by atoms with Gasteiger partial charge in [-0.2, -0.15) is 0 Å². The minimum absolute atomic E-state index is 0.0421. The van der Waals surface area contributed by atoms with Crippen LogP contribution in [0.4, 0.5) is 4.39 Å². The third-order valence-electron chi connectivity index (χ3n) is 6.68. The molecule has 2 amide bonds. The predicted octanol–water partition coefficient (Wildman–Crippen LogP) is 2.55. The average Bonchev–Trinajstić information content (AvgIpc) is 3.20. The number of pyridine rings is 1. The molecule has 2 fully saturated rings. The Bertz CT molecular complexity index is 979. The van der Waals surface area contributed by atoms with Gasteiger partial charge in [-0.3, -0.25) is 19.5 Å². The number of carbonyl (C=O) groups excluding carboxylic acids is 2. The number of methoxy groups -OCH3 is 1. The molecule has 0 bridgehead atoms. The molecule has 2 aromatic rings. The van der Waals surface area contributed by atoms with Gasteiger partial charge in [0.05, 0.1) is 12.8 Å². The number of benzene rings is 1. The zero-order chi connectivity index (χ0) is 23.3. The van der Waals surface area contributed by atoms with Crippen molar-refractivity contribution in [3.05, 3.63) is 59.7 Å². The van der Waals surface area contributed by atoms with Crippen molar-refractivity contribution in [3.63, 3.8) is 0 Å². The quantitative estimate of drug-likeness (QED) is 0.664. The second-order valence-corrected chi connectivity index (χ2v) is 8.94. The van der Waals surface area contributed by atoms with Gasteiger partial charge in [-0.15, -0.1) is 0 Å². The molecule has 0 saturated carbocycles. The van der Waals surface area contributed by atoms with Gasteiger partial charge in [0, 0.05) is 63.4 Å². The Morgan fingerprint density at radius 3 is 2.67 bits per heavy atom. The molecule has 1 atom stereocenters. The molecule has 8 heteroatoms. The van der Waals surface area contributed by atoms with Crippen molar-refractivity contribution in [2.45, 2.75) is 44.2 Å². The number of halogens is 1. The van der Waals surface area contributed by atoms with Crippen LogP contribution < -0.4 is 10.1 Å². The maximum atomic E-state index is 14.6. The number of nitrogens with zero attached hydrogens (tertiary/aromatic N) is 3. The van der Waals surface area contributed by atoms with Gasteiger partial charge in [-0.05, 0) is 43.0 Å². The van der Waals surface area contributed by atoms with E-state index in [-0.39, 0.29) is 17.6 Å². The second kappa shape index (κ2) is 10.3. The zero-order valence-corrected chi connectivity index (χ0v) is 19.1. The van der Waals surface area contributed by atoms with Crippen molar-refractivity contribution in [3.8, 4) is 5.75 Å². The largest absolute Gasteiger partial charge is 0.497 e. The first-order valence-corrected chi connectivity index (χ1v) is 11.5. The van der Waals surface area contributed by atoms with Crippen LogP contribution in [0.15, 0.2) is 42.6 Å². The third-order valence-corrected chi connectivity index (χ3v) is 6.68. The highest BCUT2D eigenvalue weighted by Crippen LogP contribution is 2.31. The van der Waals surface area contributed by atoms with E-state index in [0.717, 1.165) is 25.3 Å². The molecule has 0 radical (unpaired) electrons. The molecule has 33 heavy (non-hydrogen) atoms. The van der Waals surface area contributed by atoms with Crippen LogP contribution in [0, 0.1) is 5.82 Å². The molecule has 2 saturated heterocycles. The molecule has 176 valence electrons. The molecular formula is C25H31FN4O3. The second-order valence-electron chi connectivity index (χ2n) is 8.94. The van der Waals surface area contributed by atoms with Crippen molar-refractivity contribution in [2.75, 3.05) is 33.3 Å². The summed E-state index contributed by atoms with van der Waals surface area (Å²) in [7, 11) is 1.50. The van der Waals surface area contributed by atoms with Gasteiger partial charge in [0.1, 0.15) is 11.6 Å². The smallest absolute Gasteiger partial charge is 0.222 e. The van der Waals surface area contributed by atoms with Gasteiger partial charge >= 0.3 is 0 Å². The van der Waals surface area contributed by atoms with Crippen molar-refractivity contribution in [1.82, 2.24) is 20.1 Å². The first-order chi connectivity index (χ1) is 16.0. The van der Waals surface area contributed by atoms with E-state index in [1.165, 1.54) is 13.2 Å².